The van der Waals surface area contributed by atoms with Gasteiger partial charge in [0.25, 0.3) is 0 Å². The van der Waals surface area contributed by atoms with E-state index in [-0.39, 0.29) is 18.3 Å². The standard InChI is InChI=1S/C15H24O3S/c1-2-3-9-15(14(18)10-12(17)11-16)19-13-7-5-4-6-8-13/h4-8,12,14-18H,2-3,9-11H2,1H3/t12-,14+,15+/m0/s1. The Labute approximate surface area is 119 Å². The van der Waals surface area contributed by atoms with Crippen LogP contribution in [0.4, 0.5) is 0 Å². The molecule has 3 atom stereocenters. The van der Waals surface area contributed by atoms with Gasteiger partial charge in [0.15, 0.2) is 0 Å². The molecule has 0 aromatic heterocycles. The Hall–Kier alpha value is -0.550. The van der Waals surface area contributed by atoms with Crippen LogP contribution in [0.2, 0.25) is 0 Å². The number of unbranched alkanes of at least 4 members (excludes halogenated alkanes) is 1. The summed E-state index contributed by atoms with van der Waals surface area (Å²) in [5.74, 6) is 0. The quantitative estimate of drug-likeness (QED) is 0.610. The SMILES string of the molecule is CCCC[C@@H](Sc1ccccc1)[C@H](O)C[C@H](O)CO. The molecule has 3 N–H and O–H groups in total. The van der Waals surface area contributed by atoms with Crippen LogP contribution >= 0.6 is 11.8 Å². The zero-order chi connectivity index (χ0) is 14.1. The van der Waals surface area contributed by atoms with Crippen molar-refractivity contribution in [3.05, 3.63) is 30.3 Å². The molecule has 0 unspecified atom stereocenters. The number of aliphatic hydroxyl groups excluding tert-OH is 3. The first-order valence-corrected chi connectivity index (χ1v) is 7.74. The molecule has 0 bridgehead atoms. The summed E-state index contributed by atoms with van der Waals surface area (Å²) in [6.45, 7) is 1.83. The third kappa shape index (κ3) is 6.43. The van der Waals surface area contributed by atoms with Gasteiger partial charge in [0, 0.05) is 16.6 Å². The molecule has 0 saturated carbocycles. The lowest BCUT2D eigenvalue weighted by atomic mass is 10.0. The van der Waals surface area contributed by atoms with Gasteiger partial charge >= 0.3 is 0 Å². The highest BCUT2D eigenvalue weighted by molar-refractivity contribution is 8.00. The van der Waals surface area contributed by atoms with E-state index in [0.29, 0.717) is 0 Å². The molecular weight excluding hydrogens is 260 g/mol. The number of hydrogen-bond donors (Lipinski definition) is 3. The van der Waals surface area contributed by atoms with Gasteiger partial charge in [-0.25, -0.2) is 0 Å². The van der Waals surface area contributed by atoms with E-state index < -0.39 is 12.2 Å². The first-order chi connectivity index (χ1) is 9.17. The van der Waals surface area contributed by atoms with Gasteiger partial charge in [0.1, 0.15) is 0 Å². The van der Waals surface area contributed by atoms with E-state index in [2.05, 4.69) is 6.92 Å². The van der Waals surface area contributed by atoms with Crippen molar-refractivity contribution >= 4 is 11.8 Å². The van der Waals surface area contributed by atoms with Gasteiger partial charge in [-0.05, 0) is 18.6 Å². The van der Waals surface area contributed by atoms with Crippen molar-refractivity contribution in [2.45, 2.75) is 55.0 Å². The second kappa shape index (κ2) is 9.37. The fraction of sp³-hybridized carbons (Fsp3) is 0.600. The lowest BCUT2D eigenvalue weighted by molar-refractivity contribution is 0.0402. The van der Waals surface area contributed by atoms with Crippen LogP contribution in [0.3, 0.4) is 0 Å². The number of thioether (sulfide) groups is 1. The Morgan fingerprint density at radius 2 is 1.84 bits per heavy atom. The van der Waals surface area contributed by atoms with E-state index in [4.69, 9.17) is 5.11 Å². The van der Waals surface area contributed by atoms with Crippen molar-refractivity contribution in [1.29, 1.82) is 0 Å². The topological polar surface area (TPSA) is 60.7 Å². The van der Waals surface area contributed by atoms with Crippen LogP contribution in [0.1, 0.15) is 32.6 Å². The molecule has 1 aromatic carbocycles. The predicted octanol–water partition coefficient (Wildman–Crippen LogP) is 2.44. The molecule has 108 valence electrons. The zero-order valence-corrected chi connectivity index (χ0v) is 12.2. The van der Waals surface area contributed by atoms with Crippen molar-refractivity contribution < 1.29 is 15.3 Å². The maximum Gasteiger partial charge on any atom is 0.0795 e. The summed E-state index contributed by atoms with van der Waals surface area (Å²) < 4.78 is 0. The number of hydrogen-bond acceptors (Lipinski definition) is 4. The summed E-state index contributed by atoms with van der Waals surface area (Å²) in [4.78, 5) is 1.13. The van der Waals surface area contributed by atoms with E-state index in [1.807, 2.05) is 30.3 Å². The molecule has 1 rings (SSSR count). The highest BCUT2D eigenvalue weighted by atomic mass is 32.2. The van der Waals surface area contributed by atoms with E-state index in [0.717, 1.165) is 24.2 Å². The second-order valence-corrected chi connectivity index (χ2v) is 6.06. The molecule has 0 heterocycles. The Balaban J connectivity index is 2.60. The van der Waals surface area contributed by atoms with E-state index in [9.17, 15) is 10.2 Å². The van der Waals surface area contributed by atoms with Crippen LogP contribution in [0, 0.1) is 0 Å². The minimum atomic E-state index is -0.838. The minimum Gasteiger partial charge on any atom is -0.394 e. The van der Waals surface area contributed by atoms with Gasteiger partial charge in [-0.1, -0.05) is 38.0 Å². The Morgan fingerprint density at radius 1 is 1.16 bits per heavy atom. The third-order valence-corrected chi connectivity index (χ3v) is 4.42. The maximum atomic E-state index is 10.2. The lowest BCUT2D eigenvalue weighted by Crippen LogP contribution is -2.29. The second-order valence-electron chi connectivity index (χ2n) is 4.75. The highest BCUT2D eigenvalue weighted by Gasteiger charge is 2.22. The monoisotopic (exact) mass is 284 g/mol. The van der Waals surface area contributed by atoms with Crippen molar-refractivity contribution in [2.24, 2.45) is 0 Å². The molecule has 4 heteroatoms. The molecule has 1 aromatic rings. The van der Waals surface area contributed by atoms with Crippen LogP contribution in [0.15, 0.2) is 35.2 Å². The maximum absolute atomic E-state index is 10.2. The zero-order valence-electron chi connectivity index (χ0n) is 11.4. The van der Waals surface area contributed by atoms with Crippen molar-refractivity contribution in [3.8, 4) is 0 Å². The largest absolute Gasteiger partial charge is 0.394 e. The Kier molecular flexibility index (Phi) is 8.14. The number of aliphatic hydroxyl groups is 3. The molecule has 0 aliphatic rings. The van der Waals surface area contributed by atoms with E-state index in [1.54, 1.807) is 11.8 Å². The molecule has 0 aliphatic carbocycles. The molecule has 0 fully saturated rings. The normalized spacial score (nSPS) is 16.0. The average Bonchev–Trinajstić information content (AvgIpc) is 2.44. The van der Waals surface area contributed by atoms with E-state index in [1.165, 1.54) is 0 Å². The van der Waals surface area contributed by atoms with Gasteiger partial charge in [0.2, 0.25) is 0 Å². The third-order valence-electron chi connectivity index (χ3n) is 3.03. The van der Waals surface area contributed by atoms with Crippen molar-refractivity contribution in [2.75, 3.05) is 6.61 Å². The van der Waals surface area contributed by atoms with Gasteiger partial charge < -0.3 is 15.3 Å². The Bertz CT molecular complexity index is 331. The molecule has 3 nitrogen and oxygen atoms in total. The van der Waals surface area contributed by atoms with Crippen LogP contribution in [-0.2, 0) is 0 Å². The lowest BCUT2D eigenvalue weighted by Gasteiger charge is -2.24. The summed E-state index contributed by atoms with van der Waals surface area (Å²) in [5, 5.41) is 28.6. The smallest absolute Gasteiger partial charge is 0.0795 e. The fourth-order valence-electron chi connectivity index (χ4n) is 1.91. The average molecular weight is 284 g/mol. The molecule has 0 radical (unpaired) electrons. The number of rotatable bonds is 9. The van der Waals surface area contributed by atoms with Crippen LogP contribution in [-0.4, -0.2) is 39.4 Å². The van der Waals surface area contributed by atoms with Gasteiger partial charge in [-0.2, -0.15) is 0 Å². The summed E-state index contributed by atoms with van der Waals surface area (Å²) in [6.07, 6.45) is 1.84. The summed E-state index contributed by atoms with van der Waals surface area (Å²) in [7, 11) is 0. The van der Waals surface area contributed by atoms with Gasteiger partial charge in [-0.15, -0.1) is 11.8 Å². The first-order valence-electron chi connectivity index (χ1n) is 6.86. The fourth-order valence-corrected chi connectivity index (χ4v) is 3.13. The molecule has 0 spiro atoms. The van der Waals surface area contributed by atoms with Crippen LogP contribution in [0.25, 0.3) is 0 Å². The summed E-state index contributed by atoms with van der Waals surface area (Å²) >= 11 is 1.65. The first kappa shape index (κ1) is 16.5. The van der Waals surface area contributed by atoms with Crippen molar-refractivity contribution in [3.63, 3.8) is 0 Å². The van der Waals surface area contributed by atoms with Crippen LogP contribution < -0.4 is 0 Å². The summed E-state index contributed by atoms with van der Waals surface area (Å²) in [6, 6.07) is 9.98. The Morgan fingerprint density at radius 3 is 2.42 bits per heavy atom. The van der Waals surface area contributed by atoms with Crippen molar-refractivity contribution in [1.82, 2.24) is 0 Å². The molecule has 0 amide bonds. The van der Waals surface area contributed by atoms with Gasteiger partial charge in [0.05, 0.1) is 18.8 Å². The molecule has 0 aliphatic heterocycles. The molecule has 0 saturated heterocycles. The molecular formula is C15H24O3S. The minimum absolute atomic E-state index is 0.0588. The van der Waals surface area contributed by atoms with Gasteiger partial charge in [-0.3, -0.25) is 0 Å². The van der Waals surface area contributed by atoms with E-state index >= 15 is 0 Å². The van der Waals surface area contributed by atoms with Crippen LogP contribution in [0.5, 0.6) is 0 Å². The number of benzene rings is 1. The molecule has 19 heavy (non-hydrogen) atoms. The highest BCUT2D eigenvalue weighted by Crippen LogP contribution is 2.30. The summed E-state index contributed by atoms with van der Waals surface area (Å²) in [5.41, 5.74) is 0. The predicted molar refractivity (Wildman–Crippen MR) is 79.3 cm³/mol.